The molecule has 1 aliphatic heterocycles. The number of pyridine rings is 1. The molecule has 2 amide bonds. The molecule has 0 aliphatic carbocycles. The molecule has 7 heteroatoms. The summed E-state index contributed by atoms with van der Waals surface area (Å²) >= 11 is 0. The first-order valence-corrected chi connectivity index (χ1v) is 9.27. The number of benzene rings is 2. The van der Waals surface area contributed by atoms with Crippen LogP contribution >= 0.6 is 0 Å². The van der Waals surface area contributed by atoms with Crippen LogP contribution in [0.4, 0.5) is 10.1 Å². The zero-order chi connectivity index (χ0) is 20.5. The van der Waals surface area contributed by atoms with Gasteiger partial charge in [0.1, 0.15) is 17.1 Å². The Morgan fingerprint density at radius 2 is 2.00 bits per heavy atom. The Bertz CT molecular complexity index is 1100. The zero-order valence-electron chi connectivity index (χ0n) is 16.1. The molecule has 4 rings (SSSR count). The second-order valence-corrected chi connectivity index (χ2v) is 7.01. The van der Waals surface area contributed by atoms with E-state index in [1.807, 2.05) is 18.2 Å². The number of halogens is 1. The molecule has 1 aromatic heterocycles. The minimum absolute atomic E-state index is 0.111. The van der Waals surface area contributed by atoms with Gasteiger partial charge in [-0.05, 0) is 43.3 Å². The Kier molecular flexibility index (Phi) is 4.88. The minimum Gasteiger partial charge on any atom is -0.494 e. The second kappa shape index (κ2) is 7.50. The lowest BCUT2D eigenvalue weighted by Crippen LogP contribution is -2.37. The molecule has 3 aromatic rings. The topological polar surface area (TPSA) is 71.5 Å². The lowest BCUT2D eigenvalue weighted by Gasteiger charge is -2.17. The van der Waals surface area contributed by atoms with Gasteiger partial charge in [-0.2, -0.15) is 0 Å². The number of hydrogen-bond acceptors (Lipinski definition) is 4. The van der Waals surface area contributed by atoms with Crippen LogP contribution in [-0.2, 0) is 4.79 Å². The number of fused-ring (bicyclic) bond motifs is 1. The fourth-order valence-electron chi connectivity index (χ4n) is 3.60. The third kappa shape index (κ3) is 3.63. The number of nitrogens with one attached hydrogen (secondary N) is 1. The van der Waals surface area contributed by atoms with Crippen LogP contribution in [0.25, 0.3) is 10.9 Å². The maximum atomic E-state index is 13.1. The number of carbonyl (C=O) groups excluding carboxylic acids is 2. The molecule has 0 radical (unpaired) electrons. The molecular formula is C22H20FN3O3. The third-order valence-corrected chi connectivity index (χ3v) is 5.06. The van der Waals surface area contributed by atoms with E-state index in [9.17, 15) is 14.0 Å². The van der Waals surface area contributed by atoms with Crippen LogP contribution < -0.4 is 15.0 Å². The molecule has 1 atom stereocenters. The van der Waals surface area contributed by atoms with Crippen molar-refractivity contribution in [3.63, 3.8) is 0 Å². The molecule has 1 fully saturated rings. The number of nitrogens with zero attached hydrogens (tertiary/aromatic N) is 2. The van der Waals surface area contributed by atoms with Crippen molar-refractivity contribution in [2.45, 2.75) is 19.4 Å². The minimum atomic E-state index is -0.360. The van der Waals surface area contributed by atoms with Gasteiger partial charge in [-0.1, -0.05) is 12.1 Å². The molecule has 29 heavy (non-hydrogen) atoms. The monoisotopic (exact) mass is 393 g/mol. The van der Waals surface area contributed by atoms with Crippen molar-refractivity contribution < 1.29 is 18.7 Å². The van der Waals surface area contributed by atoms with Gasteiger partial charge in [0.05, 0.1) is 24.4 Å². The first-order valence-electron chi connectivity index (χ1n) is 9.27. The number of carbonyl (C=O) groups is 2. The van der Waals surface area contributed by atoms with E-state index in [0.29, 0.717) is 34.8 Å². The van der Waals surface area contributed by atoms with Crippen molar-refractivity contribution in [3.8, 4) is 5.75 Å². The van der Waals surface area contributed by atoms with Gasteiger partial charge in [0.2, 0.25) is 5.91 Å². The highest BCUT2D eigenvalue weighted by molar-refractivity contribution is 6.01. The molecule has 0 spiro atoms. The smallest absolute Gasteiger partial charge is 0.253 e. The van der Waals surface area contributed by atoms with Gasteiger partial charge >= 0.3 is 0 Å². The van der Waals surface area contributed by atoms with Crippen LogP contribution in [-0.4, -0.2) is 36.5 Å². The van der Waals surface area contributed by atoms with Gasteiger partial charge in [-0.15, -0.1) is 0 Å². The van der Waals surface area contributed by atoms with Gasteiger partial charge in [0.15, 0.2) is 0 Å². The number of methoxy groups -OCH3 is 1. The number of hydrogen-bond donors (Lipinski definition) is 1. The van der Waals surface area contributed by atoms with Crippen LogP contribution in [0.2, 0.25) is 0 Å². The van der Waals surface area contributed by atoms with Crippen molar-refractivity contribution in [1.82, 2.24) is 10.3 Å². The average Bonchev–Trinajstić information content (AvgIpc) is 3.07. The standard InChI is InChI=1S/C22H20FN3O3/c1-13-18(10-14-4-3-5-19(29-2)21(14)24-13)22(28)25-16-11-20(27)26(12-16)17-8-6-15(23)7-9-17/h3-10,16H,11-12H2,1-2H3,(H,25,28). The summed E-state index contributed by atoms with van der Waals surface area (Å²) in [6.07, 6.45) is 0.191. The molecule has 1 aliphatic rings. The number of aryl methyl sites for hydroxylation is 1. The van der Waals surface area contributed by atoms with Gasteiger partial charge in [0, 0.05) is 24.0 Å². The van der Waals surface area contributed by atoms with E-state index in [-0.39, 0.29) is 30.1 Å². The molecule has 2 aromatic carbocycles. The molecule has 0 bridgehead atoms. The quantitative estimate of drug-likeness (QED) is 0.739. The van der Waals surface area contributed by atoms with E-state index in [2.05, 4.69) is 10.3 Å². The zero-order valence-corrected chi connectivity index (χ0v) is 16.1. The summed E-state index contributed by atoms with van der Waals surface area (Å²) in [5.74, 6) is -0.103. The summed E-state index contributed by atoms with van der Waals surface area (Å²) in [5, 5.41) is 3.73. The first-order chi connectivity index (χ1) is 14.0. The van der Waals surface area contributed by atoms with Gasteiger partial charge in [-0.25, -0.2) is 9.37 Å². The maximum Gasteiger partial charge on any atom is 0.253 e. The van der Waals surface area contributed by atoms with Crippen LogP contribution in [0.3, 0.4) is 0 Å². The molecule has 1 unspecified atom stereocenters. The van der Waals surface area contributed by atoms with Gasteiger partial charge in [-0.3, -0.25) is 9.59 Å². The van der Waals surface area contributed by atoms with Crippen molar-refractivity contribution in [3.05, 3.63) is 65.6 Å². The Morgan fingerprint density at radius 3 is 2.72 bits per heavy atom. The highest BCUT2D eigenvalue weighted by atomic mass is 19.1. The van der Waals surface area contributed by atoms with E-state index in [1.165, 1.54) is 12.1 Å². The molecule has 148 valence electrons. The van der Waals surface area contributed by atoms with E-state index >= 15 is 0 Å². The van der Waals surface area contributed by atoms with Crippen LogP contribution in [0.1, 0.15) is 22.5 Å². The Hall–Kier alpha value is -3.48. The number of ether oxygens (including phenoxy) is 1. The molecule has 6 nitrogen and oxygen atoms in total. The lowest BCUT2D eigenvalue weighted by molar-refractivity contribution is -0.117. The second-order valence-electron chi connectivity index (χ2n) is 7.01. The number of aromatic nitrogens is 1. The Labute approximate surface area is 167 Å². The van der Waals surface area contributed by atoms with E-state index in [1.54, 1.807) is 37.1 Å². The summed E-state index contributed by atoms with van der Waals surface area (Å²) < 4.78 is 18.5. The van der Waals surface area contributed by atoms with Crippen molar-refractivity contribution >= 4 is 28.4 Å². The number of para-hydroxylation sites is 1. The van der Waals surface area contributed by atoms with E-state index in [4.69, 9.17) is 4.74 Å². The van der Waals surface area contributed by atoms with Crippen LogP contribution in [0.15, 0.2) is 48.5 Å². The number of amides is 2. The molecule has 2 heterocycles. The van der Waals surface area contributed by atoms with Crippen molar-refractivity contribution in [1.29, 1.82) is 0 Å². The number of rotatable bonds is 4. The maximum absolute atomic E-state index is 13.1. The summed E-state index contributed by atoms with van der Waals surface area (Å²) in [6.45, 7) is 2.11. The largest absolute Gasteiger partial charge is 0.494 e. The fraction of sp³-hybridized carbons (Fsp3) is 0.227. The van der Waals surface area contributed by atoms with Gasteiger partial charge < -0.3 is 15.0 Å². The summed E-state index contributed by atoms with van der Waals surface area (Å²) in [6, 6.07) is 12.7. The highest BCUT2D eigenvalue weighted by Gasteiger charge is 2.32. The predicted octanol–water partition coefficient (Wildman–Crippen LogP) is 3.23. The first kappa shape index (κ1) is 18.9. The normalized spacial score (nSPS) is 16.3. The van der Waals surface area contributed by atoms with E-state index in [0.717, 1.165) is 5.39 Å². The van der Waals surface area contributed by atoms with Crippen LogP contribution in [0.5, 0.6) is 5.75 Å². The Morgan fingerprint density at radius 1 is 1.24 bits per heavy atom. The molecule has 1 saturated heterocycles. The number of anilines is 1. The van der Waals surface area contributed by atoms with Gasteiger partial charge in [0.25, 0.3) is 5.91 Å². The summed E-state index contributed by atoms with van der Waals surface area (Å²) in [5.41, 5.74) is 2.35. The average molecular weight is 393 g/mol. The third-order valence-electron chi connectivity index (χ3n) is 5.06. The van der Waals surface area contributed by atoms with Crippen molar-refractivity contribution in [2.24, 2.45) is 0 Å². The molecule has 0 saturated carbocycles. The SMILES string of the molecule is COc1cccc2cc(C(=O)NC3CC(=O)N(c4ccc(F)cc4)C3)c(C)nc12. The molecule has 1 N–H and O–H groups in total. The highest BCUT2D eigenvalue weighted by Crippen LogP contribution is 2.26. The van der Waals surface area contributed by atoms with Crippen molar-refractivity contribution in [2.75, 3.05) is 18.6 Å². The summed E-state index contributed by atoms with van der Waals surface area (Å²) in [7, 11) is 1.58. The lowest BCUT2D eigenvalue weighted by atomic mass is 10.1. The molecular weight excluding hydrogens is 373 g/mol. The fourth-order valence-corrected chi connectivity index (χ4v) is 3.60. The Balaban J connectivity index is 1.53. The van der Waals surface area contributed by atoms with E-state index < -0.39 is 0 Å². The predicted molar refractivity (Wildman–Crippen MR) is 108 cm³/mol. The summed E-state index contributed by atoms with van der Waals surface area (Å²) in [4.78, 5) is 31.3. The van der Waals surface area contributed by atoms with Crippen LogP contribution in [0, 0.1) is 12.7 Å².